The minimum atomic E-state index is 0.575. The largest absolute Gasteiger partial charge is 0.360 e. The molecule has 0 aromatic heterocycles. The second-order valence-electron chi connectivity index (χ2n) is 2.81. The van der Waals surface area contributed by atoms with Gasteiger partial charge in [0.05, 0.1) is 0 Å². The summed E-state index contributed by atoms with van der Waals surface area (Å²) in [4.78, 5) is 0. The van der Waals surface area contributed by atoms with Gasteiger partial charge in [0.25, 0.3) is 0 Å². The molecule has 3 N–H and O–H groups in total. The predicted octanol–water partition coefficient (Wildman–Crippen LogP) is 2.09. The summed E-state index contributed by atoms with van der Waals surface area (Å²) in [5, 5.41) is 3.13. The lowest BCUT2D eigenvalue weighted by atomic mass is 10.2. The molecule has 0 aliphatic carbocycles. The molecule has 0 spiro atoms. The Morgan fingerprint density at radius 2 is 2.33 bits per heavy atom. The molecule has 0 saturated heterocycles. The zero-order valence-electron chi connectivity index (χ0n) is 7.30. The molecule has 12 heavy (non-hydrogen) atoms. The van der Waals surface area contributed by atoms with Crippen molar-refractivity contribution < 1.29 is 0 Å². The molecule has 0 bridgehead atoms. The summed E-state index contributed by atoms with van der Waals surface area (Å²) in [6.45, 7) is 6.26. The average Bonchev–Trinajstić information content (AvgIpc) is 2.03. The minimum Gasteiger partial charge on any atom is -0.360 e. The molecule has 0 amide bonds. The molecule has 0 fully saturated rings. The van der Waals surface area contributed by atoms with E-state index in [2.05, 4.69) is 11.9 Å². The lowest BCUT2D eigenvalue weighted by molar-refractivity contribution is 1.07. The van der Waals surface area contributed by atoms with Crippen LogP contribution < -0.4 is 11.1 Å². The van der Waals surface area contributed by atoms with Crippen molar-refractivity contribution in [2.45, 2.75) is 13.5 Å². The van der Waals surface area contributed by atoms with Crippen molar-refractivity contribution in [2.75, 3.05) is 5.32 Å². The SMILES string of the molecule is C=C(C)Nc1cccc(CN)c1. The first kappa shape index (κ1) is 8.81. The smallest absolute Gasteiger partial charge is 0.0384 e. The molecule has 1 aromatic rings. The van der Waals surface area contributed by atoms with Crippen molar-refractivity contribution in [1.29, 1.82) is 0 Å². The number of benzene rings is 1. The molecule has 0 radical (unpaired) electrons. The molecule has 2 heteroatoms. The van der Waals surface area contributed by atoms with Crippen molar-refractivity contribution in [3.05, 3.63) is 42.1 Å². The van der Waals surface area contributed by atoms with Gasteiger partial charge >= 0.3 is 0 Å². The van der Waals surface area contributed by atoms with Crippen molar-refractivity contribution in [3.63, 3.8) is 0 Å². The summed E-state index contributed by atoms with van der Waals surface area (Å²) in [7, 11) is 0. The Kier molecular flexibility index (Phi) is 2.88. The predicted molar refractivity (Wildman–Crippen MR) is 52.8 cm³/mol. The molecule has 1 aromatic carbocycles. The quantitative estimate of drug-likeness (QED) is 0.714. The number of nitrogens with two attached hydrogens (primary N) is 1. The average molecular weight is 162 g/mol. The Hall–Kier alpha value is -1.28. The third kappa shape index (κ3) is 2.40. The van der Waals surface area contributed by atoms with E-state index in [0.29, 0.717) is 6.54 Å². The van der Waals surface area contributed by atoms with Gasteiger partial charge in [-0.15, -0.1) is 0 Å². The molecule has 64 valence electrons. The van der Waals surface area contributed by atoms with Gasteiger partial charge in [0, 0.05) is 17.9 Å². The maximum absolute atomic E-state index is 5.50. The van der Waals surface area contributed by atoms with Crippen molar-refractivity contribution in [3.8, 4) is 0 Å². The van der Waals surface area contributed by atoms with E-state index < -0.39 is 0 Å². The van der Waals surface area contributed by atoms with Crippen LogP contribution in [0.2, 0.25) is 0 Å². The number of nitrogens with one attached hydrogen (secondary N) is 1. The summed E-state index contributed by atoms with van der Waals surface area (Å²) >= 11 is 0. The molecule has 1 rings (SSSR count). The van der Waals surface area contributed by atoms with E-state index in [9.17, 15) is 0 Å². The second-order valence-corrected chi connectivity index (χ2v) is 2.81. The van der Waals surface area contributed by atoms with E-state index in [0.717, 1.165) is 16.9 Å². The Morgan fingerprint density at radius 3 is 2.92 bits per heavy atom. The first-order valence-electron chi connectivity index (χ1n) is 3.94. The fraction of sp³-hybridized carbons (Fsp3) is 0.200. The second kappa shape index (κ2) is 3.93. The van der Waals surface area contributed by atoms with Crippen LogP contribution in [0.25, 0.3) is 0 Å². The zero-order valence-corrected chi connectivity index (χ0v) is 7.30. The highest BCUT2D eigenvalue weighted by molar-refractivity contribution is 5.49. The minimum absolute atomic E-state index is 0.575. The van der Waals surface area contributed by atoms with Crippen LogP contribution in [0.1, 0.15) is 12.5 Å². The highest BCUT2D eigenvalue weighted by atomic mass is 14.9. The van der Waals surface area contributed by atoms with Crippen LogP contribution in [0.3, 0.4) is 0 Å². The summed E-state index contributed by atoms with van der Waals surface area (Å²) in [6, 6.07) is 8.00. The fourth-order valence-electron chi connectivity index (χ4n) is 1.02. The van der Waals surface area contributed by atoms with Crippen LogP contribution >= 0.6 is 0 Å². The molecule has 0 aliphatic rings. The first-order valence-corrected chi connectivity index (χ1v) is 3.94. The van der Waals surface area contributed by atoms with Crippen molar-refractivity contribution in [1.82, 2.24) is 0 Å². The third-order valence-corrected chi connectivity index (χ3v) is 1.52. The van der Waals surface area contributed by atoms with Crippen molar-refractivity contribution >= 4 is 5.69 Å². The van der Waals surface area contributed by atoms with Gasteiger partial charge < -0.3 is 11.1 Å². The number of hydrogen-bond donors (Lipinski definition) is 2. The van der Waals surface area contributed by atoms with Gasteiger partial charge in [-0.3, -0.25) is 0 Å². The maximum atomic E-state index is 5.50. The van der Waals surface area contributed by atoms with Crippen LogP contribution in [0.4, 0.5) is 5.69 Å². The first-order chi connectivity index (χ1) is 5.72. The number of anilines is 1. The van der Waals surface area contributed by atoms with Gasteiger partial charge in [-0.2, -0.15) is 0 Å². The van der Waals surface area contributed by atoms with Gasteiger partial charge in [-0.25, -0.2) is 0 Å². The zero-order chi connectivity index (χ0) is 8.97. The molecular formula is C10H14N2. The summed E-state index contributed by atoms with van der Waals surface area (Å²) < 4.78 is 0. The lowest BCUT2D eigenvalue weighted by Crippen LogP contribution is -1.98. The van der Waals surface area contributed by atoms with E-state index in [-0.39, 0.29) is 0 Å². The van der Waals surface area contributed by atoms with Crippen LogP contribution in [-0.2, 0) is 6.54 Å². The van der Waals surface area contributed by atoms with Crippen LogP contribution in [0, 0.1) is 0 Å². The van der Waals surface area contributed by atoms with Gasteiger partial charge in [-0.1, -0.05) is 18.7 Å². The highest BCUT2D eigenvalue weighted by Crippen LogP contribution is 2.11. The summed E-state index contributed by atoms with van der Waals surface area (Å²) in [5.41, 5.74) is 8.61. The van der Waals surface area contributed by atoms with E-state index in [1.807, 2.05) is 31.2 Å². The maximum Gasteiger partial charge on any atom is 0.0384 e. The molecule has 0 atom stereocenters. The third-order valence-electron chi connectivity index (χ3n) is 1.52. The molecule has 0 heterocycles. The Balaban J connectivity index is 2.79. The monoisotopic (exact) mass is 162 g/mol. The number of rotatable bonds is 3. The Morgan fingerprint density at radius 1 is 1.58 bits per heavy atom. The Labute approximate surface area is 73.1 Å². The summed E-state index contributed by atoms with van der Waals surface area (Å²) in [6.07, 6.45) is 0. The van der Waals surface area contributed by atoms with E-state index >= 15 is 0 Å². The van der Waals surface area contributed by atoms with Crippen LogP contribution in [0.5, 0.6) is 0 Å². The highest BCUT2D eigenvalue weighted by Gasteiger charge is 1.92. The van der Waals surface area contributed by atoms with Crippen LogP contribution in [0.15, 0.2) is 36.5 Å². The topological polar surface area (TPSA) is 38.0 Å². The fourth-order valence-corrected chi connectivity index (χ4v) is 1.02. The van der Waals surface area contributed by atoms with Crippen molar-refractivity contribution in [2.24, 2.45) is 5.73 Å². The summed E-state index contributed by atoms with van der Waals surface area (Å²) in [5.74, 6) is 0. The van der Waals surface area contributed by atoms with Crippen LogP contribution in [-0.4, -0.2) is 0 Å². The van der Waals surface area contributed by atoms with E-state index in [1.165, 1.54) is 0 Å². The van der Waals surface area contributed by atoms with Gasteiger partial charge in [0.1, 0.15) is 0 Å². The standard InChI is InChI=1S/C10H14N2/c1-8(2)12-10-5-3-4-9(6-10)7-11/h3-6,12H,1,7,11H2,2H3. The molecule has 0 aliphatic heterocycles. The number of allylic oxidation sites excluding steroid dienone is 1. The van der Waals surface area contributed by atoms with E-state index in [4.69, 9.17) is 5.73 Å². The van der Waals surface area contributed by atoms with Gasteiger partial charge in [0.15, 0.2) is 0 Å². The molecular weight excluding hydrogens is 148 g/mol. The van der Waals surface area contributed by atoms with Gasteiger partial charge in [0.2, 0.25) is 0 Å². The molecule has 0 saturated carbocycles. The van der Waals surface area contributed by atoms with E-state index in [1.54, 1.807) is 0 Å². The lowest BCUT2D eigenvalue weighted by Gasteiger charge is -2.05. The number of hydrogen-bond acceptors (Lipinski definition) is 2. The normalized spacial score (nSPS) is 9.50. The van der Waals surface area contributed by atoms with Gasteiger partial charge in [-0.05, 0) is 24.6 Å². The molecule has 2 nitrogen and oxygen atoms in total. The Bertz CT molecular complexity index is 279. The molecule has 0 unspecified atom stereocenters.